The van der Waals surface area contributed by atoms with Gasteiger partial charge in [0.15, 0.2) is 0 Å². The lowest BCUT2D eigenvalue weighted by Crippen LogP contribution is -2.34. The largest absolute Gasteiger partial charge is 0.491 e. The highest BCUT2D eigenvalue weighted by molar-refractivity contribution is 6.30. The Kier molecular flexibility index (Phi) is 5.61. The lowest BCUT2D eigenvalue weighted by molar-refractivity contribution is -0.123. The molecule has 1 aliphatic rings. The molecule has 1 fully saturated rings. The van der Waals surface area contributed by atoms with Crippen molar-refractivity contribution in [2.24, 2.45) is 0 Å². The maximum atomic E-state index is 12.7. The third kappa shape index (κ3) is 4.33. The molecule has 0 radical (unpaired) electrons. The van der Waals surface area contributed by atoms with Crippen LogP contribution in [-0.2, 0) is 21.5 Å². The molecule has 0 saturated heterocycles. The second kappa shape index (κ2) is 7.89. The Morgan fingerprint density at radius 1 is 1.16 bits per heavy atom. The molecule has 1 amide bonds. The molecule has 2 aromatic rings. The maximum absolute atomic E-state index is 12.7. The zero-order chi connectivity index (χ0) is 17.7. The number of carbonyl (C=O) groups is 1. The lowest BCUT2D eigenvalue weighted by atomic mass is 9.95. The van der Waals surface area contributed by atoms with Gasteiger partial charge in [-0.2, -0.15) is 0 Å². The third-order valence-corrected chi connectivity index (χ3v) is 4.73. The average Bonchev–Trinajstić information content (AvgIpc) is 3.43. The van der Waals surface area contributed by atoms with Gasteiger partial charge in [0.2, 0.25) is 5.91 Å². The first-order valence-corrected chi connectivity index (χ1v) is 8.77. The van der Waals surface area contributed by atoms with E-state index in [2.05, 4.69) is 5.32 Å². The average molecular weight is 360 g/mol. The SMILES string of the molecule is COCCOc1ccc(CNC(=O)C2(c3cccc(Cl)c3)CC2)cc1. The predicted octanol–water partition coefficient (Wildman–Crippen LogP) is 3.71. The molecule has 1 N–H and O–H groups in total. The summed E-state index contributed by atoms with van der Waals surface area (Å²) in [7, 11) is 1.64. The Hall–Kier alpha value is -2.04. The summed E-state index contributed by atoms with van der Waals surface area (Å²) in [5.74, 6) is 0.861. The van der Waals surface area contributed by atoms with Crippen LogP contribution in [0.2, 0.25) is 5.02 Å². The smallest absolute Gasteiger partial charge is 0.230 e. The minimum absolute atomic E-state index is 0.0650. The quantitative estimate of drug-likeness (QED) is 0.731. The highest BCUT2D eigenvalue weighted by Crippen LogP contribution is 2.48. The van der Waals surface area contributed by atoms with Crippen LogP contribution in [0.3, 0.4) is 0 Å². The van der Waals surface area contributed by atoms with Crippen molar-refractivity contribution in [3.05, 3.63) is 64.7 Å². The number of ether oxygens (including phenoxy) is 2. The summed E-state index contributed by atoms with van der Waals surface area (Å²) in [5, 5.41) is 3.72. The number of benzene rings is 2. The summed E-state index contributed by atoms with van der Waals surface area (Å²) in [4.78, 5) is 12.7. The van der Waals surface area contributed by atoms with Crippen LogP contribution in [0.25, 0.3) is 0 Å². The van der Waals surface area contributed by atoms with Crippen LogP contribution in [0.4, 0.5) is 0 Å². The second-order valence-electron chi connectivity index (χ2n) is 6.26. The van der Waals surface area contributed by atoms with Gasteiger partial charge < -0.3 is 14.8 Å². The molecule has 0 aromatic heterocycles. The van der Waals surface area contributed by atoms with Gasteiger partial charge in [-0.15, -0.1) is 0 Å². The number of methoxy groups -OCH3 is 1. The summed E-state index contributed by atoms with van der Waals surface area (Å²) >= 11 is 6.07. The van der Waals surface area contributed by atoms with E-state index in [4.69, 9.17) is 21.1 Å². The van der Waals surface area contributed by atoms with Crippen molar-refractivity contribution in [3.63, 3.8) is 0 Å². The number of carbonyl (C=O) groups excluding carboxylic acids is 1. The molecule has 0 heterocycles. The van der Waals surface area contributed by atoms with Crippen LogP contribution in [-0.4, -0.2) is 26.2 Å². The zero-order valence-electron chi connectivity index (χ0n) is 14.3. The van der Waals surface area contributed by atoms with E-state index in [9.17, 15) is 4.79 Å². The maximum Gasteiger partial charge on any atom is 0.230 e. The highest BCUT2D eigenvalue weighted by atomic mass is 35.5. The van der Waals surface area contributed by atoms with E-state index in [1.807, 2.05) is 48.5 Å². The molecule has 25 heavy (non-hydrogen) atoms. The fourth-order valence-corrected chi connectivity index (χ4v) is 3.05. The van der Waals surface area contributed by atoms with Gasteiger partial charge in [0.05, 0.1) is 12.0 Å². The minimum Gasteiger partial charge on any atom is -0.491 e. The van der Waals surface area contributed by atoms with E-state index in [0.717, 1.165) is 29.7 Å². The van der Waals surface area contributed by atoms with E-state index in [1.54, 1.807) is 7.11 Å². The highest BCUT2D eigenvalue weighted by Gasteiger charge is 2.51. The molecular weight excluding hydrogens is 338 g/mol. The van der Waals surface area contributed by atoms with E-state index in [-0.39, 0.29) is 5.91 Å². The first kappa shape index (κ1) is 17.8. The first-order valence-electron chi connectivity index (χ1n) is 8.39. The van der Waals surface area contributed by atoms with Crippen LogP contribution >= 0.6 is 11.6 Å². The van der Waals surface area contributed by atoms with E-state index in [1.165, 1.54) is 0 Å². The summed E-state index contributed by atoms with van der Waals surface area (Å²) in [6, 6.07) is 15.3. The summed E-state index contributed by atoms with van der Waals surface area (Å²) in [5.41, 5.74) is 1.63. The molecule has 1 aliphatic carbocycles. The number of amides is 1. The van der Waals surface area contributed by atoms with Gasteiger partial charge in [-0.1, -0.05) is 35.9 Å². The predicted molar refractivity (Wildman–Crippen MR) is 98.0 cm³/mol. The standard InChI is InChI=1S/C20H22ClNO3/c1-24-11-12-25-18-7-5-15(6-8-18)14-22-19(23)20(9-10-20)16-3-2-4-17(21)13-16/h2-8,13H,9-12,14H2,1H3,(H,22,23). The fraction of sp³-hybridized carbons (Fsp3) is 0.350. The lowest BCUT2D eigenvalue weighted by Gasteiger charge is -2.16. The van der Waals surface area contributed by atoms with Gasteiger partial charge in [0.1, 0.15) is 12.4 Å². The Bertz CT molecular complexity index is 726. The molecule has 4 nitrogen and oxygen atoms in total. The molecule has 0 bridgehead atoms. The van der Waals surface area contributed by atoms with Gasteiger partial charge in [0, 0.05) is 18.7 Å². The van der Waals surface area contributed by atoms with Gasteiger partial charge in [-0.05, 0) is 48.2 Å². The van der Waals surface area contributed by atoms with Gasteiger partial charge in [0.25, 0.3) is 0 Å². The molecule has 3 rings (SSSR count). The molecule has 1 saturated carbocycles. The molecule has 5 heteroatoms. The van der Waals surface area contributed by atoms with Gasteiger partial charge in [-0.3, -0.25) is 4.79 Å². The summed E-state index contributed by atoms with van der Waals surface area (Å²) in [6.07, 6.45) is 1.73. The van der Waals surface area contributed by atoms with Crippen molar-refractivity contribution in [2.75, 3.05) is 20.3 Å². The third-order valence-electron chi connectivity index (χ3n) is 4.49. The molecule has 2 aromatic carbocycles. The normalized spacial score (nSPS) is 14.8. The van der Waals surface area contributed by atoms with Crippen LogP contribution in [0, 0.1) is 0 Å². The van der Waals surface area contributed by atoms with Gasteiger partial charge in [-0.25, -0.2) is 0 Å². The molecule has 0 atom stereocenters. The van der Waals surface area contributed by atoms with Crippen LogP contribution < -0.4 is 10.1 Å². The number of nitrogens with one attached hydrogen (secondary N) is 1. The van der Waals surface area contributed by atoms with Crippen molar-refractivity contribution in [2.45, 2.75) is 24.8 Å². The van der Waals surface area contributed by atoms with E-state index in [0.29, 0.717) is 24.8 Å². The second-order valence-corrected chi connectivity index (χ2v) is 6.70. The van der Waals surface area contributed by atoms with Crippen molar-refractivity contribution >= 4 is 17.5 Å². The van der Waals surface area contributed by atoms with E-state index < -0.39 is 5.41 Å². The van der Waals surface area contributed by atoms with Crippen LogP contribution in [0.5, 0.6) is 5.75 Å². The molecule has 0 unspecified atom stereocenters. The molecular formula is C20H22ClNO3. The Labute approximate surface area is 153 Å². The number of rotatable bonds is 8. The monoisotopic (exact) mass is 359 g/mol. The van der Waals surface area contributed by atoms with Crippen molar-refractivity contribution in [1.82, 2.24) is 5.32 Å². The molecule has 0 spiro atoms. The van der Waals surface area contributed by atoms with Gasteiger partial charge >= 0.3 is 0 Å². The minimum atomic E-state index is -0.409. The number of halogens is 1. The van der Waals surface area contributed by atoms with Crippen molar-refractivity contribution in [3.8, 4) is 5.75 Å². The Morgan fingerprint density at radius 2 is 1.92 bits per heavy atom. The molecule has 132 valence electrons. The van der Waals surface area contributed by atoms with Crippen molar-refractivity contribution < 1.29 is 14.3 Å². The van der Waals surface area contributed by atoms with Crippen LogP contribution in [0.1, 0.15) is 24.0 Å². The number of hydrogen-bond acceptors (Lipinski definition) is 3. The zero-order valence-corrected chi connectivity index (χ0v) is 15.0. The van der Waals surface area contributed by atoms with Crippen LogP contribution in [0.15, 0.2) is 48.5 Å². The fourth-order valence-electron chi connectivity index (χ4n) is 2.86. The molecule has 0 aliphatic heterocycles. The van der Waals surface area contributed by atoms with Crippen molar-refractivity contribution in [1.29, 1.82) is 0 Å². The topological polar surface area (TPSA) is 47.6 Å². The number of hydrogen-bond donors (Lipinski definition) is 1. The Morgan fingerprint density at radius 3 is 2.56 bits per heavy atom. The Balaban J connectivity index is 1.55. The first-order chi connectivity index (χ1) is 12.1. The summed E-state index contributed by atoms with van der Waals surface area (Å²) in [6.45, 7) is 1.58. The van der Waals surface area contributed by atoms with E-state index >= 15 is 0 Å². The summed E-state index contributed by atoms with van der Waals surface area (Å²) < 4.78 is 10.5.